The van der Waals surface area contributed by atoms with Crippen LogP contribution in [0.25, 0.3) is 11.8 Å². The number of hydrogen-bond acceptors (Lipinski definition) is 8. The lowest BCUT2D eigenvalue weighted by molar-refractivity contribution is -0.138. The minimum absolute atomic E-state index is 0.0637. The van der Waals surface area contributed by atoms with Crippen molar-refractivity contribution in [2.45, 2.75) is 13.0 Å². The number of nitriles is 1. The standard InChI is InChI=1S/C28H20BrN3O4S2/c1-2-35-27(34)23-24(18-7-4-3-5-8-18)31-28-32(25(23)21-9-6-14-37-21)26(33)22(38-28)16-17-10-11-20(19(29)15-17)36-13-12-30/h3-11,14-16,25H,2,13H2,1H3/b22-16-/t25-/m1/s1. The van der Waals surface area contributed by atoms with Gasteiger partial charge in [-0.1, -0.05) is 53.8 Å². The van der Waals surface area contributed by atoms with Gasteiger partial charge in [0.25, 0.3) is 5.56 Å². The number of esters is 1. The van der Waals surface area contributed by atoms with Gasteiger partial charge in [-0.05, 0) is 58.1 Å². The molecule has 0 unspecified atom stereocenters. The number of carbonyl (C=O) groups is 1. The van der Waals surface area contributed by atoms with E-state index in [9.17, 15) is 9.59 Å². The third-order valence-electron chi connectivity index (χ3n) is 5.73. The van der Waals surface area contributed by atoms with Gasteiger partial charge < -0.3 is 9.47 Å². The zero-order valence-corrected chi connectivity index (χ0v) is 23.3. The number of carbonyl (C=O) groups excluding carboxylic acids is 1. The minimum atomic E-state index is -0.670. The Kier molecular flexibility index (Phi) is 7.69. The first-order chi connectivity index (χ1) is 18.5. The lowest BCUT2D eigenvalue weighted by Gasteiger charge is -2.24. The molecule has 4 aromatic rings. The smallest absolute Gasteiger partial charge is 0.338 e. The fourth-order valence-corrected chi connectivity index (χ4v) is 6.48. The summed E-state index contributed by atoms with van der Waals surface area (Å²) in [5.74, 6) is 0.0362. The highest BCUT2D eigenvalue weighted by Crippen LogP contribution is 2.36. The Hall–Kier alpha value is -3.78. The lowest BCUT2D eigenvalue weighted by atomic mass is 9.97. The first-order valence-corrected chi connectivity index (χ1v) is 14.1. The summed E-state index contributed by atoms with van der Waals surface area (Å²) in [7, 11) is 0. The maximum Gasteiger partial charge on any atom is 0.338 e. The molecule has 1 aliphatic heterocycles. The second-order valence-electron chi connectivity index (χ2n) is 8.08. The van der Waals surface area contributed by atoms with Crippen molar-refractivity contribution >= 4 is 56.3 Å². The van der Waals surface area contributed by atoms with Crippen molar-refractivity contribution in [2.24, 2.45) is 4.99 Å². The summed E-state index contributed by atoms with van der Waals surface area (Å²) in [6, 6.07) is 19.9. The van der Waals surface area contributed by atoms with Crippen molar-refractivity contribution < 1.29 is 14.3 Å². The molecule has 1 aliphatic rings. The summed E-state index contributed by atoms with van der Waals surface area (Å²) in [4.78, 5) is 33.4. The fourth-order valence-electron chi connectivity index (χ4n) is 4.14. The molecule has 0 saturated carbocycles. The molecule has 3 heterocycles. The molecule has 1 atom stereocenters. The third kappa shape index (κ3) is 5.00. The van der Waals surface area contributed by atoms with Gasteiger partial charge in [-0.15, -0.1) is 11.3 Å². The van der Waals surface area contributed by atoms with Crippen molar-refractivity contribution in [3.8, 4) is 11.8 Å². The molecule has 7 nitrogen and oxygen atoms in total. The molecular weight excluding hydrogens is 586 g/mol. The average Bonchev–Trinajstić information content (AvgIpc) is 3.56. The van der Waals surface area contributed by atoms with Crippen LogP contribution < -0.4 is 19.6 Å². The summed E-state index contributed by atoms with van der Waals surface area (Å²) in [5.41, 5.74) is 2.12. The van der Waals surface area contributed by atoms with E-state index in [0.717, 1.165) is 16.0 Å². The number of rotatable bonds is 7. The van der Waals surface area contributed by atoms with Gasteiger partial charge in [0.2, 0.25) is 0 Å². The molecule has 0 fully saturated rings. The van der Waals surface area contributed by atoms with E-state index in [-0.39, 0.29) is 18.8 Å². The van der Waals surface area contributed by atoms with Crippen molar-refractivity contribution in [3.05, 3.63) is 112 Å². The Morgan fingerprint density at radius 3 is 2.71 bits per heavy atom. The van der Waals surface area contributed by atoms with Gasteiger partial charge in [0.15, 0.2) is 11.4 Å². The number of thiophene rings is 1. The summed E-state index contributed by atoms with van der Waals surface area (Å²) in [6.07, 6.45) is 1.78. The summed E-state index contributed by atoms with van der Waals surface area (Å²) in [5, 5.41) is 10.7. The van der Waals surface area contributed by atoms with E-state index in [1.807, 2.05) is 66.0 Å². The monoisotopic (exact) mass is 605 g/mol. The van der Waals surface area contributed by atoms with Crippen LogP contribution in [0, 0.1) is 11.3 Å². The number of hydrogen-bond donors (Lipinski definition) is 0. The molecule has 0 N–H and O–H groups in total. The number of thiazole rings is 1. The summed E-state index contributed by atoms with van der Waals surface area (Å²) >= 11 is 6.20. The number of fused-ring (bicyclic) bond motifs is 1. The normalized spacial score (nSPS) is 15.0. The van der Waals surface area contributed by atoms with Crippen LogP contribution in [0.1, 0.15) is 29.0 Å². The van der Waals surface area contributed by atoms with Gasteiger partial charge >= 0.3 is 5.97 Å². The Morgan fingerprint density at radius 1 is 1.21 bits per heavy atom. The molecule has 0 spiro atoms. The Balaban J connectivity index is 1.72. The molecule has 0 bridgehead atoms. The quantitative estimate of drug-likeness (QED) is 0.286. The van der Waals surface area contributed by atoms with Crippen LogP contribution in [0.15, 0.2) is 85.9 Å². The number of benzene rings is 2. The Bertz CT molecular complexity index is 1750. The molecule has 0 aliphatic carbocycles. The molecule has 10 heteroatoms. The van der Waals surface area contributed by atoms with Crippen LogP contribution >= 0.6 is 38.6 Å². The summed E-state index contributed by atoms with van der Waals surface area (Å²) in [6.45, 7) is 1.89. The highest BCUT2D eigenvalue weighted by atomic mass is 79.9. The lowest BCUT2D eigenvalue weighted by Crippen LogP contribution is -2.39. The van der Waals surface area contributed by atoms with Crippen LogP contribution in [-0.4, -0.2) is 23.8 Å². The first-order valence-electron chi connectivity index (χ1n) is 11.6. The molecule has 0 radical (unpaired) electrons. The fraction of sp³-hybridized carbons (Fsp3) is 0.143. The highest BCUT2D eigenvalue weighted by Gasteiger charge is 2.35. The molecule has 38 heavy (non-hydrogen) atoms. The largest absolute Gasteiger partial charge is 0.478 e. The van der Waals surface area contributed by atoms with Crippen LogP contribution in [0.2, 0.25) is 0 Å². The van der Waals surface area contributed by atoms with E-state index in [4.69, 9.17) is 19.7 Å². The minimum Gasteiger partial charge on any atom is -0.478 e. The number of nitrogens with zero attached hydrogens (tertiary/aromatic N) is 3. The SMILES string of the molecule is CCOC(=O)C1=C(c2ccccc2)N=c2s/c(=C\c3ccc(OCC#N)c(Br)c3)c(=O)n2[C@@H]1c1cccs1. The van der Waals surface area contributed by atoms with Gasteiger partial charge in [-0.3, -0.25) is 9.36 Å². The molecule has 5 rings (SSSR count). The van der Waals surface area contributed by atoms with Gasteiger partial charge in [-0.25, -0.2) is 9.79 Å². The predicted molar refractivity (Wildman–Crippen MR) is 151 cm³/mol. The first kappa shape index (κ1) is 25.9. The average molecular weight is 607 g/mol. The van der Waals surface area contributed by atoms with E-state index in [2.05, 4.69) is 15.9 Å². The van der Waals surface area contributed by atoms with Crippen molar-refractivity contribution in [2.75, 3.05) is 13.2 Å². The molecular formula is C28H20BrN3O4S2. The van der Waals surface area contributed by atoms with Crippen LogP contribution in [0.3, 0.4) is 0 Å². The van der Waals surface area contributed by atoms with Crippen LogP contribution in [0.5, 0.6) is 5.75 Å². The third-order valence-corrected chi connectivity index (χ3v) is 8.26. The molecule has 190 valence electrons. The molecule has 2 aromatic heterocycles. The molecule has 0 amide bonds. The van der Waals surface area contributed by atoms with E-state index in [1.54, 1.807) is 23.6 Å². The van der Waals surface area contributed by atoms with Crippen molar-refractivity contribution in [3.63, 3.8) is 0 Å². The van der Waals surface area contributed by atoms with Crippen molar-refractivity contribution in [1.29, 1.82) is 5.26 Å². The Morgan fingerprint density at radius 2 is 2.03 bits per heavy atom. The zero-order valence-electron chi connectivity index (χ0n) is 20.1. The van der Waals surface area contributed by atoms with E-state index in [0.29, 0.717) is 30.8 Å². The number of halogens is 1. The van der Waals surface area contributed by atoms with E-state index < -0.39 is 12.0 Å². The maximum atomic E-state index is 13.8. The maximum absolute atomic E-state index is 13.8. The zero-order chi connectivity index (χ0) is 26.6. The molecule has 0 saturated heterocycles. The van der Waals surface area contributed by atoms with E-state index in [1.165, 1.54) is 22.7 Å². The van der Waals surface area contributed by atoms with Gasteiger partial charge in [0.1, 0.15) is 17.9 Å². The van der Waals surface area contributed by atoms with Gasteiger partial charge in [-0.2, -0.15) is 5.26 Å². The van der Waals surface area contributed by atoms with Crippen molar-refractivity contribution in [1.82, 2.24) is 4.57 Å². The second-order valence-corrected chi connectivity index (χ2v) is 10.9. The van der Waals surface area contributed by atoms with Gasteiger partial charge in [0.05, 0.1) is 26.9 Å². The predicted octanol–water partition coefficient (Wildman–Crippen LogP) is 4.66. The number of aromatic nitrogens is 1. The Labute approximate surface area is 234 Å². The van der Waals surface area contributed by atoms with Gasteiger partial charge in [0, 0.05) is 10.4 Å². The van der Waals surface area contributed by atoms with E-state index >= 15 is 0 Å². The summed E-state index contributed by atoms with van der Waals surface area (Å²) < 4.78 is 13.6. The topological polar surface area (TPSA) is 93.7 Å². The highest BCUT2D eigenvalue weighted by molar-refractivity contribution is 9.10. The van der Waals surface area contributed by atoms with Crippen LogP contribution in [-0.2, 0) is 9.53 Å². The number of ether oxygens (including phenoxy) is 2. The van der Waals surface area contributed by atoms with Crippen LogP contribution in [0.4, 0.5) is 0 Å². The second kappa shape index (κ2) is 11.3. The molecule has 2 aromatic carbocycles.